The van der Waals surface area contributed by atoms with Gasteiger partial charge >= 0.3 is 0 Å². The van der Waals surface area contributed by atoms with Gasteiger partial charge in [-0.1, -0.05) is 0 Å². The number of aryl methyl sites for hydroxylation is 1. The summed E-state index contributed by atoms with van der Waals surface area (Å²) in [4.78, 5) is 4.07. The Labute approximate surface area is 66.8 Å². The Morgan fingerprint density at radius 1 is 1.55 bits per heavy atom. The largest absolute Gasteiger partial charge is 0.329 e. The van der Waals surface area contributed by atoms with Crippen LogP contribution in [0.5, 0.6) is 0 Å². The number of hydrogen-bond donors (Lipinski definition) is 0. The first-order valence-corrected chi connectivity index (χ1v) is 6.07. The van der Waals surface area contributed by atoms with Crippen LogP contribution in [0.3, 0.4) is 0 Å². The quantitative estimate of drug-likeness (QED) is 0.592. The maximum atomic E-state index is 11.6. The molecule has 3 nitrogen and oxygen atoms in total. The molecule has 0 aromatic carbocycles. The van der Waals surface area contributed by atoms with Crippen LogP contribution in [0.2, 0.25) is 0 Å². The summed E-state index contributed by atoms with van der Waals surface area (Å²) in [5, 5.41) is 0. The average molecular weight is 172 g/mol. The lowest BCUT2D eigenvalue weighted by molar-refractivity contribution is 0.587. The highest BCUT2D eigenvalue weighted by Gasteiger charge is 2.15. The van der Waals surface area contributed by atoms with Gasteiger partial charge in [0.1, 0.15) is 13.0 Å². The predicted octanol–water partition coefficient (Wildman–Crippen LogP) is 0.977. The van der Waals surface area contributed by atoms with Crippen molar-refractivity contribution in [1.82, 2.24) is 9.55 Å². The average Bonchev–Trinajstić information content (AvgIpc) is 2.11. The summed E-state index contributed by atoms with van der Waals surface area (Å²) in [7, 11) is -0.248. The van der Waals surface area contributed by atoms with Gasteiger partial charge in [-0.05, 0) is 20.3 Å². The summed E-state index contributed by atoms with van der Waals surface area (Å²) in [6.07, 6.45) is 1.69. The summed E-state index contributed by atoms with van der Waals surface area (Å²) < 4.78 is 13.5. The molecule has 0 saturated heterocycles. The van der Waals surface area contributed by atoms with Crippen LogP contribution in [0.15, 0.2) is 6.20 Å². The maximum absolute atomic E-state index is 11.6. The molecule has 0 spiro atoms. The van der Waals surface area contributed by atoms with E-state index in [2.05, 4.69) is 4.98 Å². The summed E-state index contributed by atoms with van der Waals surface area (Å²) >= 11 is 0. The van der Waals surface area contributed by atoms with E-state index >= 15 is 0 Å². The molecule has 0 aliphatic rings. The minimum atomic E-state index is -2.13. The second kappa shape index (κ2) is 2.49. The SMILES string of the molecule is Cc1ncc(P(C)(C)=O)n1C. The molecule has 0 aliphatic heterocycles. The first-order chi connectivity index (χ1) is 4.93. The van der Waals surface area contributed by atoms with Gasteiger partial charge in [-0.3, -0.25) is 0 Å². The minimum absolute atomic E-state index is 0.843. The van der Waals surface area contributed by atoms with Gasteiger partial charge in [0.05, 0.1) is 11.6 Å². The molecule has 0 bridgehead atoms. The first-order valence-electron chi connectivity index (χ1n) is 3.47. The van der Waals surface area contributed by atoms with Gasteiger partial charge in [-0.15, -0.1) is 0 Å². The van der Waals surface area contributed by atoms with Crippen LogP contribution >= 0.6 is 7.14 Å². The Hall–Kier alpha value is -0.560. The monoisotopic (exact) mass is 172 g/mol. The van der Waals surface area contributed by atoms with Crippen molar-refractivity contribution in [2.45, 2.75) is 6.92 Å². The second-order valence-electron chi connectivity index (χ2n) is 3.07. The zero-order valence-electron chi connectivity index (χ0n) is 7.33. The fraction of sp³-hybridized carbons (Fsp3) is 0.571. The van der Waals surface area contributed by atoms with E-state index in [9.17, 15) is 4.57 Å². The number of rotatable bonds is 1. The third-order valence-electron chi connectivity index (χ3n) is 1.75. The summed E-state index contributed by atoms with van der Waals surface area (Å²) in [6.45, 7) is 5.41. The van der Waals surface area contributed by atoms with Gasteiger partial charge in [0.15, 0.2) is 0 Å². The summed E-state index contributed by atoms with van der Waals surface area (Å²) in [5.41, 5.74) is 0.843. The minimum Gasteiger partial charge on any atom is -0.329 e. The van der Waals surface area contributed by atoms with Crippen molar-refractivity contribution in [2.75, 3.05) is 13.3 Å². The normalized spacial score (nSPS) is 12.0. The van der Waals surface area contributed by atoms with Crippen molar-refractivity contribution in [2.24, 2.45) is 7.05 Å². The van der Waals surface area contributed by atoms with Crippen LogP contribution in [0.1, 0.15) is 5.82 Å². The van der Waals surface area contributed by atoms with E-state index in [1.807, 2.05) is 18.5 Å². The van der Waals surface area contributed by atoms with Crippen LogP contribution in [0.25, 0.3) is 0 Å². The van der Waals surface area contributed by atoms with Crippen LogP contribution in [0.4, 0.5) is 0 Å². The molecule has 1 heterocycles. The molecule has 0 N–H and O–H groups in total. The lowest BCUT2D eigenvalue weighted by Crippen LogP contribution is -2.13. The van der Waals surface area contributed by atoms with E-state index in [0.717, 1.165) is 11.3 Å². The van der Waals surface area contributed by atoms with Crippen LogP contribution in [0, 0.1) is 6.92 Å². The van der Waals surface area contributed by atoms with Gasteiger partial charge in [-0.25, -0.2) is 4.98 Å². The van der Waals surface area contributed by atoms with E-state index in [1.165, 1.54) is 0 Å². The number of nitrogens with zero attached hydrogens (tertiary/aromatic N) is 2. The standard InChI is InChI=1S/C7H13N2OP/c1-6-8-5-7(9(6)2)11(3,4)10/h5H,1-4H3. The molecule has 1 rings (SSSR count). The molecule has 1 aromatic heterocycles. The van der Waals surface area contributed by atoms with Crippen LogP contribution in [-0.2, 0) is 11.6 Å². The molecule has 62 valence electrons. The molecule has 0 radical (unpaired) electrons. The molecule has 0 saturated carbocycles. The third kappa shape index (κ3) is 1.54. The Balaban J connectivity index is 3.26. The van der Waals surface area contributed by atoms with Gasteiger partial charge in [0.2, 0.25) is 0 Å². The Kier molecular flexibility index (Phi) is 1.93. The van der Waals surface area contributed by atoms with Gasteiger partial charge in [0.25, 0.3) is 0 Å². The summed E-state index contributed by atoms with van der Waals surface area (Å²) in [6, 6.07) is 0. The molecule has 1 aromatic rings. The predicted molar refractivity (Wildman–Crippen MR) is 47.0 cm³/mol. The van der Waals surface area contributed by atoms with Crippen molar-refractivity contribution in [3.63, 3.8) is 0 Å². The highest BCUT2D eigenvalue weighted by molar-refractivity contribution is 7.69. The zero-order chi connectivity index (χ0) is 8.65. The molecule has 0 unspecified atom stereocenters. The number of hydrogen-bond acceptors (Lipinski definition) is 2. The second-order valence-corrected chi connectivity index (χ2v) is 6.23. The van der Waals surface area contributed by atoms with E-state index in [-0.39, 0.29) is 0 Å². The lowest BCUT2D eigenvalue weighted by atomic mass is 10.7. The van der Waals surface area contributed by atoms with Crippen LogP contribution in [-0.4, -0.2) is 22.9 Å². The smallest absolute Gasteiger partial charge is 0.126 e. The molecule has 4 heteroatoms. The van der Waals surface area contributed by atoms with Crippen molar-refractivity contribution in [3.8, 4) is 0 Å². The molecule has 0 atom stereocenters. The molecule has 0 fully saturated rings. The summed E-state index contributed by atoms with van der Waals surface area (Å²) in [5.74, 6) is 0.906. The van der Waals surface area contributed by atoms with Gasteiger partial charge in [0, 0.05) is 7.05 Å². The van der Waals surface area contributed by atoms with Crippen molar-refractivity contribution in [3.05, 3.63) is 12.0 Å². The Morgan fingerprint density at radius 3 is 2.27 bits per heavy atom. The van der Waals surface area contributed by atoms with Gasteiger partial charge in [-0.2, -0.15) is 0 Å². The van der Waals surface area contributed by atoms with Crippen molar-refractivity contribution < 1.29 is 4.57 Å². The third-order valence-corrected chi connectivity index (χ3v) is 3.27. The number of imidazole rings is 1. The zero-order valence-corrected chi connectivity index (χ0v) is 8.22. The molecule has 0 amide bonds. The van der Waals surface area contributed by atoms with E-state index in [0.29, 0.717) is 0 Å². The lowest BCUT2D eigenvalue weighted by Gasteiger charge is -2.06. The Bertz CT molecular complexity index is 310. The topological polar surface area (TPSA) is 34.9 Å². The molecule has 11 heavy (non-hydrogen) atoms. The first kappa shape index (κ1) is 8.54. The van der Waals surface area contributed by atoms with Gasteiger partial charge < -0.3 is 9.13 Å². The van der Waals surface area contributed by atoms with E-state index in [4.69, 9.17) is 0 Å². The fourth-order valence-electron chi connectivity index (χ4n) is 0.990. The van der Waals surface area contributed by atoms with E-state index < -0.39 is 7.14 Å². The van der Waals surface area contributed by atoms with Crippen LogP contribution < -0.4 is 5.44 Å². The highest BCUT2D eigenvalue weighted by Crippen LogP contribution is 2.34. The van der Waals surface area contributed by atoms with E-state index in [1.54, 1.807) is 19.5 Å². The maximum Gasteiger partial charge on any atom is 0.126 e. The highest BCUT2D eigenvalue weighted by atomic mass is 31.2. The molecular weight excluding hydrogens is 159 g/mol. The number of aromatic nitrogens is 2. The molecular formula is C7H13N2OP. The van der Waals surface area contributed by atoms with Crippen molar-refractivity contribution >= 4 is 12.6 Å². The molecule has 0 aliphatic carbocycles. The fourth-order valence-corrected chi connectivity index (χ4v) is 2.19. The van der Waals surface area contributed by atoms with Crippen molar-refractivity contribution in [1.29, 1.82) is 0 Å². The Morgan fingerprint density at radius 2 is 2.09 bits per heavy atom.